The van der Waals surface area contributed by atoms with Crippen molar-refractivity contribution in [2.45, 2.75) is 12.8 Å². The topological polar surface area (TPSA) is 112 Å². The number of benzene rings is 3. The summed E-state index contributed by atoms with van der Waals surface area (Å²) >= 11 is 0. The van der Waals surface area contributed by atoms with Crippen LogP contribution in [0.2, 0.25) is 0 Å². The molecule has 4 rings (SSSR count). The number of rotatable bonds is 5. The molecule has 0 aliphatic heterocycles. The van der Waals surface area contributed by atoms with Gasteiger partial charge in [0.25, 0.3) is 0 Å². The molecule has 28 heavy (non-hydrogen) atoms. The molecule has 1 heterocycles. The maximum absolute atomic E-state index is 12.3. The van der Waals surface area contributed by atoms with E-state index in [0.29, 0.717) is 12.0 Å². The molecule has 0 saturated heterocycles. The first-order valence-corrected chi connectivity index (χ1v) is 8.68. The summed E-state index contributed by atoms with van der Waals surface area (Å²) in [6, 6.07) is 14.7. The predicted molar refractivity (Wildman–Crippen MR) is 105 cm³/mol. The molecule has 7 heteroatoms. The fraction of sp³-hybridized carbons (Fsp3) is 0.0952. The number of amides is 1. The van der Waals surface area contributed by atoms with Crippen LogP contribution in [0.15, 0.2) is 63.9 Å². The Hall–Kier alpha value is -3.87. The molecule has 0 radical (unpaired) electrons. The van der Waals surface area contributed by atoms with Gasteiger partial charge in [-0.2, -0.15) is 0 Å². The number of fused-ring (bicyclic) bond motifs is 3. The van der Waals surface area contributed by atoms with E-state index in [1.54, 1.807) is 30.3 Å². The van der Waals surface area contributed by atoms with Gasteiger partial charge in [0, 0.05) is 17.2 Å². The van der Waals surface area contributed by atoms with Crippen molar-refractivity contribution in [3.05, 3.63) is 76.1 Å². The van der Waals surface area contributed by atoms with E-state index < -0.39 is 5.97 Å². The van der Waals surface area contributed by atoms with Crippen molar-refractivity contribution < 1.29 is 19.2 Å². The number of aromatic nitrogens is 1. The summed E-state index contributed by atoms with van der Waals surface area (Å²) in [7, 11) is 0. The minimum absolute atomic E-state index is 0.0420. The van der Waals surface area contributed by atoms with Gasteiger partial charge in [-0.3, -0.25) is 9.59 Å². The monoisotopic (exact) mass is 376 g/mol. The summed E-state index contributed by atoms with van der Waals surface area (Å²) in [6.45, 7) is 0. The van der Waals surface area contributed by atoms with Crippen molar-refractivity contribution in [2.24, 2.45) is 0 Å². The molecule has 1 amide bonds. The minimum Gasteiger partial charge on any atom is -0.478 e. The molecule has 4 aromatic rings. The van der Waals surface area contributed by atoms with E-state index in [4.69, 9.17) is 4.52 Å². The molecular weight excluding hydrogens is 360 g/mol. The number of nitrogens with one attached hydrogen (secondary N) is 2. The summed E-state index contributed by atoms with van der Waals surface area (Å²) in [5.41, 5.74) is 1.62. The van der Waals surface area contributed by atoms with Crippen LogP contribution in [0.25, 0.3) is 21.7 Å². The molecular formula is C21H16N2O5. The Labute approximate surface area is 158 Å². The summed E-state index contributed by atoms with van der Waals surface area (Å²) in [6.07, 6.45) is 0.538. The third-order valence-electron chi connectivity index (χ3n) is 4.58. The highest BCUT2D eigenvalue weighted by Gasteiger charge is 2.14. The molecule has 0 spiro atoms. The zero-order chi connectivity index (χ0) is 19.7. The zero-order valence-corrected chi connectivity index (χ0v) is 14.7. The van der Waals surface area contributed by atoms with Crippen LogP contribution in [0, 0.1) is 0 Å². The van der Waals surface area contributed by atoms with Crippen LogP contribution in [0.4, 0.5) is 5.69 Å². The maximum atomic E-state index is 12.3. The van der Waals surface area contributed by atoms with Gasteiger partial charge < -0.3 is 14.9 Å². The van der Waals surface area contributed by atoms with Gasteiger partial charge in [0.15, 0.2) is 11.0 Å². The predicted octanol–water partition coefficient (Wildman–Crippen LogP) is 3.54. The van der Waals surface area contributed by atoms with Crippen molar-refractivity contribution in [3.8, 4) is 0 Å². The molecule has 0 bridgehead atoms. The lowest BCUT2D eigenvalue weighted by molar-refractivity contribution is -0.116. The molecule has 0 saturated carbocycles. The van der Waals surface area contributed by atoms with E-state index in [0.717, 1.165) is 21.9 Å². The average molecular weight is 376 g/mol. The molecule has 0 aliphatic rings. The second-order valence-electron chi connectivity index (χ2n) is 6.41. The van der Waals surface area contributed by atoms with Crippen LogP contribution in [0.1, 0.15) is 22.5 Å². The first-order chi connectivity index (χ1) is 13.5. The maximum Gasteiger partial charge on any atom is 0.337 e. The molecule has 0 aliphatic carbocycles. The van der Waals surface area contributed by atoms with Crippen LogP contribution in [-0.2, 0) is 11.2 Å². The molecule has 3 N–H and O–H groups in total. The zero-order valence-electron chi connectivity index (χ0n) is 14.7. The van der Waals surface area contributed by atoms with Gasteiger partial charge >= 0.3 is 5.97 Å². The molecule has 1 aromatic heterocycles. The van der Waals surface area contributed by atoms with Crippen LogP contribution in [0.3, 0.4) is 0 Å². The summed E-state index contributed by atoms with van der Waals surface area (Å²) < 4.78 is 5.57. The van der Waals surface area contributed by atoms with Crippen molar-refractivity contribution in [1.29, 1.82) is 0 Å². The van der Waals surface area contributed by atoms with Crippen molar-refractivity contribution >= 4 is 39.3 Å². The third-order valence-corrected chi connectivity index (χ3v) is 4.58. The number of carboxylic acids is 1. The molecule has 7 nitrogen and oxygen atoms in total. The number of aromatic amines is 1. The number of H-pyrrole nitrogens is 1. The smallest absolute Gasteiger partial charge is 0.337 e. The van der Waals surface area contributed by atoms with E-state index in [1.165, 1.54) is 12.1 Å². The Bertz CT molecular complexity index is 1270. The van der Waals surface area contributed by atoms with E-state index >= 15 is 0 Å². The highest BCUT2D eigenvalue weighted by molar-refractivity contribution is 6.05. The van der Waals surface area contributed by atoms with Crippen LogP contribution in [0.5, 0.6) is 0 Å². The van der Waals surface area contributed by atoms with Gasteiger partial charge in [-0.1, -0.05) is 18.2 Å². The molecule has 0 atom stereocenters. The van der Waals surface area contributed by atoms with E-state index in [9.17, 15) is 19.5 Å². The van der Waals surface area contributed by atoms with Crippen molar-refractivity contribution in [2.75, 3.05) is 5.32 Å². The van der Waals surface area contributed by atoms with E-state index in [2.05, 4.69) is 10.5 Å². The van der Waals surface area contributed by atoms with Gasteiger partial charge in [0.2, 0.25) is 5.91 Å². The lowest BCUT2D eigenvalue weighted by atomic mass is 10.0. The third kappa shape index (κ3) is 3.25. The van der Waals surface area contributed by atoms with Crippen molar-refractivity contribution in [1.82, 2.24) is 5.16 Å². The van der Waals surface area contributed by atoms with Gasteiger partial charge in [-0.05, 0) is 48.2 Å². The van der Waals surface area contributed by atoms with E-state index in [1.807, 2.05) is 12.1 Å². The molecule has 140 valence electrons. The normalized spacial score (nSPS) is 11.0. The van der Waals surface area contributed by atoms with Crippen LogP contribution in [-0.4, -0.2) is 22.1 Å². The number of hydrogen-bond donors (Lipinski definition) is 3. The SMILES string of the molecule is O=C(CCc1[nH]oc2c1ccc1cc(=O)ccc12)Nc1ccccc1C(=O)O. The molecule has 0 unspecified atom stereocenters. The Kier molecular flexibility index (Phi) is 4.41. The largest absolute Gasteiger partial charge is 0.478 e. The minimum atomic E-state index is -1.10. The van der Waals surface area contributed by atoms with Gasteiger partial charge in [0.05, 0.1) is 16.9 Å². The lowest BCUT2D eigenvalue weighted by Crippen LogP contribution is -2.15. The first kappa shape index (κ1) is 17.5. The Morgan fingerprint density at radius 1 is 1.04 bits per heavy atom. The standard InChI is InChI=1S/C21H16N2O5/c24-13-6-8-14-12(11-13)5-7-15-18(23-28-20(14)15)9-10-19(25)22-17-4-2-1-3-16(17)21(26)27/h1-8,11,23H,9-10H2,(H,22,25)(H,26,27). The molecule has 0 fully saturated rings. The summed E-state index contributed by atoms with van der Waals surface area (Å²) in [5, 5.41) is 17.1. The number of carbonyl (C=O) groups is 2. The van der Waals surface area contributed by atoms with Crippen LogP contribution >= 0.6 is 0 Å². The Morgan fingerprint density at radius 2 is 1.82 bits per heavy atom. The Balaban J connectivity index is 1.53. The highest BCUT2D eigenvalue weighted by Crippen LogP contribution is 2.27. The summed E-state index contributed by atoms with van der Waals surface area (Å²) in [4.78, 5) is 35.0. The highest BCUT2D eigenvalue weighted by atomic mass is 16.5. The fourth-order valence-electron chi connectivity index (χ4n) is 3.21. The van der Waals surface area contributed by atoms with Gasteiger partial charge in [-0.15, -0.1) is 0 Å². The number of carboxylic acid groups (broad SMARTS) is 1. The van der Waals surface area contributed by atoms with E-state index in [-0.39, 0.29) is 29.0 Å². The van der Waals surface area contributed by atoms with Crippen molar-refractivity contribution in [3.63, 3.8) is 0 Å². The molecule has 3 aromatic carbocycles. The second kappa shape index (κ2) is 7.03. The number of anilines is 1. The number of aryl methyl sites for hydroxylation is 1. The average Bonchev–Trinajstić information content (AvgIpc) is 3.09. The summed E-state index contributed by atoms with van der Waals surface area (Å²) in [5.74, 6) is -1.40. The Morgan fingerprint density at radius 3 is 2.64 bits per heavy atom. The number of carbonyl (C=O) groups excluding carboxylic acids is 1. The fourth-order valence-corrected chi connectivity index (χ4v) is 3.21. The van der Waals surface area contributed by atoms with Crippen LogP contribution < -0.4 is 10.7 Å². The van der Waals surface area contributed by atoms with Gasteiger partial charge in [-0.25, -0.2) is 9.95 Å². The quantitative estimate of drug-likeness (QED) is 0.493. The second-order valence-corrected chi connectivity index (χ2v) is 6.41. The number of aromatic carboxylic acids is 1. The lowest BCUT2D eigenvalue weighted by Gasteiger charge is -2.07. The number of para-hydroxylation sites is 1. The first-order valence-electron chi connectivity index (χ1n) is 8.68. The van der Waals surface area contributed by atoms with Gasteiger partial charge in [0.1, 0.15) is 0 Å². The number of hydrogen-bond acceptors (Lipinski definition) is 4.